The number of aliphatic hydroxyl groups excluding tert-OH is 1. The number of hydrogen-bond acceptors (Lipinski definition) is 2. The summed E-state index contributed by atoms with van der Waals surface area (Å²) < 4.78 is 12.7. The van der Waals surface area contributed by atoms with Gasteiger partial charge in [-0.05, 0) is 19.8 Å². The van der Waals surface area contributed by atoms with Crippen molar-refractivity contribution in [3.8, 4) is 0 Å². The summed E-state index contributed by atoms with van der Waals surface area (Å²) in [6.45, 7) is 1.46. The van der Waals surface area contributed by atoms with Crippen molar-refractivity contribution in [2.24, 2.45) is 5.41 Å². The van der Waals surface area contributed by atoms with E-state index >= 15 is 0 Å². The van der Waals surface area contributed by atoms with Crippen molar-refractivity contribution in [3.63, 3.8) is 0 Å². The Labute approximate surface area is 63.8 Å². The van der Waals surface area contributed by atoms with Crippen molar-refractivity contribution in [1.29, 1.82) is 0 Å². The normalized spacial score (nSPS) is 44.3. The lowest BCUT2D eigenvalue weighted by Crippen LogP contribution is -2.24. The van der Waals surface area contributed by atoms with Gasteiger partial charge in [0.2, 0.25) is 0 Å². The van der Waals surface area contributed by atoms with Crippen molar-refractivity contribution in [1.82, 2.24) is 0 Å². The topological polar surface area (TPSA) is 57.5 Å². The summed E-state index contributed by atoms with van der Waals surface area (Å²) in [6.07, 6.45) is -2.54. The van der Waals surface area contributed by atoms with Gasteiger partial charge in [-0.1, -0.05) is 0 Å². The summed E-state index contributed by atoms with van der Waals surface area (Å²) in [5.41, 5.74) is -1.07. The second kappa shape index (κ2) is 2.44. The molecule has 3 atom stereocenters. The van der Waals surface area contributed by atoms with Crippen LogP contribution in [-0.2, 0) is 4.79 Å². The predicted molar refractivity (Wildman–Crippen MR) is 35.9 cm³/mol. The minimum Gasteiger partial charge on any atom is -0.481 e. The molecule has 11 heavy (non-hydrogen) atoms. The van der Waals surface area contributed by atoms with Gasteiger partial charge in [0.1, 0.15) is 6.17 Å². The summed E-state index contributed by atoms with van der Waals surface area (Å²) in [5, 5.41) is 17.6. The molecule has 0 heterocycles. The minimum atomic E-state index is -1.38. The van der Waals surface area contributed by atoms with Crippen molar-refractivity contribution in [3.05, 3.63) is 0 Å². The number of carboxylic acids is 1. The second-order valence-corrected chi connectivity index (χ2v) is 3.36. The van der Waals surface area contributed by atoms with Crippen LogP contribution in [0, 0.1) is 5.41 Å². The average molecular weight is 162 g/mol. The first kappa shape index (κ1) is 8.46. The molecule has 2 N–H and O–H groups in total. The second-order valence-electron chi connectivity index (χ2n) is 3.36. The molecule has 0 aliphatic heterocycles. The van der Waals surface area contributed by atoms with Crippen LogP contribution in [0.15, 0.2) is 0 Å². The van der Waals surface area contributed by atoms with Gasteiger partial charge in [0.25, 0.3) is 0 Å². The molecule has 1 fully saturated rings. The summed E-state index contributed by atoms with van der Waals surface area (Å²) in [7, 11) is 0. The molecular weight excluding hydrogens is 151 g/mol. The van der Waals surface area contributed by atoms with Gasteiger partial charge >= 0.3 is 5.97 Å². The third kappa shape index (κ3) is 1.35. The fourth-order valence-corrected chi connectivity index (χ4v) is 1.41. The first-order chi connectivity index (χ1) is 4.96. The lowest BCUT2D eigenvalue weighted by atomic mass is 9.89. The summed E-state index contributed by atoms with van der Waals surface area (Å²) in [4.78, 5) is 10.5. The SMILES string of the molecule is C[C@@]1(C(=O)O)C[C@@H](O)[C@H](F)C1. The summed E-state index contributed by atoms with van der Waals surface area (Å²) in [6, 6.07) is 0. The molecule has 1 aliphatic carbocycles. The average Bonchev–Trinajstić information content (AvgIpc) is 2.09. The number of carbonyl (C=O) groups is 1. The van der Waals surface area contributed by atoms with E-state index in [2.05, 4.69) is 0 Å². The smallest absolute Gasteiger partial charge is 0.309 e. The molecule has 0 aromatic carbocycles. The molecule has 1 saturated carbocycles. The zero-order chi connectivity index (χ0) is 8.65. The Morgan fingerprint density at radius 2 is 2.18 bits per heavy atom. The van der Waals surface area contributed by atoms with Crippen LogP contribution in [0.5, 0.6) is 0 Å². The zero-order valence-corrected chi connectivity index (χ0v) is 6.25. The highest BCUT2D eigenvalue weighted by Gasteiger charge is 2.46. The maximum absolute atomic E-state index is 12.7. The summed E-state index contributed by atoms with van der Waals surface area (Å²) >= 11 is 0. The molecule has 4 heteroatoms. The zero-order valence-electron chi connectivity index (χ0n) is 6.25. The van der Waals surface area contributed by atoms with E-state index in [0.717, 1.165) is 0 Å². The lowest BCUT2D eigenvalue weighted by Gasteiger charge is -2.15. The lowest BCUT2D eigenvalue weighted by molar-refractivity contribution is -0.148. The van der Waals surface area contributed by atoms with Gasteiger partial charge in [-0.15, -0.1) is 0 Å². The van der Waals surface area contributed by atoms with Crippen LogP contribution in [0.3, 0.4) is 0 Å². The molecule has 0 amide bonds. The van der Waals surface area contributed by atoms with Crippen LogP contribution in [0.2, 0.25) is 0 Å². The van der Waals surface area contributed by atoms with Gasteiger partial charge in [0.15, 0.2) is 0 Å². The molecule has 0 aromatic rings. The van der Waals surface area contributed by atoms with Crippen LogP contribution in [0.1, 0.15) is 19.8 Å². The highest BCUT2D eigenvalue weighted by atomic mass is 19.1. The van der Waals surface area contributed by atoms with Crippen molar-refractivity contribution >= 4 is 5.97 Å². The van der Waals surface area contributed by atoms with E-state index in [0.29, 0.717) is 0 Å². The molecule has 1 rings (SSSR count). The molecule has 64 valence electrons. The van der Waals surface area contributed by atoms with Crippen LogP contribution < -0.4 is 0 Å². The molecule has 0 spiro atoms. The number of rotatable bonds is 1. The summed E-state index contributed by atoms with van der Waals surface area (Å²) in [5.74, 6) is -1.03. The van der Waals surface area contributed by atoms with Gasteiger partial charge in [0, 0.05) is 0 Å². The number of halogens is 1. The molecule has 3 nitrogen and oxygen atoms in total. The Kier molecular flexibility index (Phi) is 1.88. The third-order valence-electron chi connectivity index (χ3n) is 2.24. The standard InChI is InChI=1S/C7H11FO3/c1-7(6(10)11)2-4(8)5(9)3-7/h4-5,9H,2-3H2,1H3,(H,10,11)/t4-,5-,7+/m1/s1. The highest BCUT2D eigenvalue weighted by Crippen LogP contribution is 2.39. The van der Waals surface area contributed by atoms with E-state index in [1.165, 1.54) is 6.92 Å². The number of aliphatic carboxylic acids is 1. The Bertz CT molecular complexity index is 171. The van der Waals surface area contributed by atoms with Crippen LogP contribution >= 0.6 is 0 Å². The Hall–Kier alpha value is -0.640. The van der Waals surface area contributed by atoms with E-state index in [-0.39, 0.29) is 12.8 Å². The van der Waals surface area contributed by atoms with Crippen molar-refractivity contribution < 1.29 is 19.4 Å². The number of carboxylic acid groups (broad SMARTS) is 1. The van der Waals surface area contributed by atoms with Crippen molar-refractivity contribution in [2.75, 3.05) is 0 Å². The first-order valence-electron chi connectivity index (χ1n) is 3.51. The fourth-order valence-electron chi connectivity index (χ4n) is 1.41. The first-order valence-corrected chi connectivity index (χ1v) is 3.51. The van der Waals surface area contributed by atoms with E-state index < -0.39 is 23.7 Å². The molecule has 0 saturated heterocycles. The highest BCUT2D eigenvalue weighted by molar-refractivity contribution is 5.74. The number of hydrogen-bond donors (Lipinski definition) is 2. The Morgan fingerprint density at radius 1 is 1.64 bits per heavy atom. The fraction of sp³-hybridized carbons (Fsp3) is 0.857. The number of alkyl halides is 1. The van der Waals surface area contributed by atoms with Crippen molar-refractivity contribution in [2.45, 2.75) is 32.0 Å². The minimum absolute atomic E-state index is 0.0174. The molecule has 0 radical (unpaired) electrons. The monoisotopic (exact) mass is 162 g/mol. The van der Waals surface area contributed by atoms with Gasteiger partial charge in [-0.3, -0.25) is 4.79 Å². The third-order valence-corrected chi connectivity index (χ3v) is 2.24. The maximum Gasteiger partial charge on any atom is 0.309 e. The largest absolute Gasteiger partial charge is 0.481 e. The predicted octanol–water partition coefficient (Wildman–Crippen LogP) is 0.570. The van der Waals surface area contributed by atoms with Gasteiger partial charge < -0.3 is 10.2 Å². The van der Waals surface area contributed by atoms with E-state index in [1.54, 1.807) is 0 Å². The van der Waals surface area contributed by atoms with Crippen LogP contribution in [0.4, 0.5) is 4.39 Å². The van der Waals surface area contributed by atoms with Crippen LogP contribution in [-0.4, -0.2) is 28.5 Å². The van der Waals surface area contributed by atoms with Gasteiger partial charge in [-0.25, -0.2) is 4.39 Å². The molecule has 1 aliphatic rings. The molecular formula is C7H11FO3. The molecule has 0 unspecified atom stereocenters. The molecule has 0 bridgehead atoms. The quantitative estimate of drug-likeness (QED) is 0.592. The Balaban J connectivity index is 2.71. The van der Waals surface area contributed by atoms with E-state index in [1.807, 2.05) is 0 Å². The molecule has 0 aromatic heterocycles. The Morgan fingerprint density at radius 3 is 2.36 bits per heavy atom. The van der Waals surface area contributed by atoms with Crippen LogP contribution in [0.25, 0.3) is 0 Å². The number of aliphatic hydroxyl groups is 1. The maximum atomic E-state index is 12.7. The van der Waals surface area contributed by atoms with E-state index in [9.17, 15) is 9.18 Å². The van der Waals surface area contributed by atoms with E-state index in [4.69, 9.17) is 10.2 Å². The van der Waals surface area contributed by atoms with Gasteiger partial charge in [-0.2, -0.15) is 0 Å². The van der Waals surface area contributed by atoms with Gasteiger partial charge in [0.05, 0.1) is 11.5 Å².